The van der Waals surface area contributed by atoms with Crippen LogP contribution in [-0.4, -0.2) is 36.4 Å². The first-order valence-electron chi connectivity index (χ1n) is 10.7. The Morgan fingerprint density at radius 2 is 1.81 bits per heavy atom. The molecule has 0 aliphatic heterocycles. The van der Waals surface area contributed by atoms with Crippen molar-refractivity contribution in [1.82, 2.24) is 24.0 Å². The molecule has 0 radical (unpaired) electrons. The van der Waals surface area contributed by atoms with E-state index < -0.39 is 11.2 Å². The number of thioether (sulfide) groups is 1. The van der Waals surface area contributed by atoms with E-state index in [0.717, 1.165) is 35.8 Å². The highest BCUT2D eigenvalue weighted by molar-refractivity contribution is 7.99. The van der Waals surface area contributed by atoms with E-state index in [4.69, 9.17) is 0 Å². The molecule has 1 fully saturated rings. The van der Waals surface area contributed by atoms with Crippen LogP contribution in [0.25, 0.3) is 11.2 Å². The predicted molar refractivity (Wildman–Crippen MR) is 121 cm³/mol. The predicted octanol–water partition coefficient (Wildman–Crippen LogP) is 2.16. The third kappa shape index (κ3) is 4.50. The summed E-state index contributed by atoms with van der Waals surface area (Å²) in [6.07, 6.45) is 5.46. The molecular weight excluding hydrogens is 433 g/mol. The molecule has 1 aromatic carbocycles. The lowest BCUT2D eigenvalue weighted by molar-refractivity contribution is -0.119. The molecule has 4 rings (SSSR count). The molecular formula is C22H26FN5O3S. The zero-order chi connectivity index (χ0) is 22.8. The van der Waals surface area contributed by atoms with Gasteiger partial charge in [0.05, 0.1) is 12.3 Å². The van der Waals surface area contributed by atoms with Crippen LogP contribution in [0.5, 0.6) is 0 Å². The van der Waals surface area contributed by atoms with Crippen LogP contribution in [0.2, 0.25) is 0 Å². The van der Waals surface area contributed by atoms with E-state index in [1.807, 2.05) is 0 Å². The lowest BCUT2D eigenvalue weighted by Crippen LogP contribution is -2.37. The summed E-state index contributed by atoms with van der Waals surface area (Å²) in [5.41, 5.74) is 0.372. The Hall–Kier alpha value is -2.88. The van der Waals surface area contributed by atoms with Crippen LogP contribution in [0.4, 0.5) is 4.39 Å². The van der Waals surface area contributed by atoms with Crippen molar-refractivity contribution in [3.63, 3.8) is 0 Å². The number of hydrogen-bond acceptors (Lipinski definition) is 5. The highest BCUT2D eigenvalue weighted by Crippen LogP contribution is 2.24. The Balaban J connectivity index is 1.67. The molecule has 1 saturated carbocycles. The Morgan fingerprint density at radius 1 is 1.12 bits per heavy atom. The van der Waals surface area contributed by atoms with Crippen LogP contribution >= 0.6 is 11.8 Å². The van der Waals surface area contributed by atoms with E-state index in [1.54, 1.807) is 23.7 Å². The van der Waals surface area contributed by atoms with Gasteiger partial charge in [-0.2, -0.15) is 0 Å². The number of halogens is 1. The van der Waals surface area contributed by atoms with Gasteiger partial charge in [0.25, 0.3) is 5.56 Å². The number of nitrogens with zero attached hydrogens (tertiary/aromatic N) is 4. The fourth-order valence-electron chi connectivity index (χ4n) is 4.10. The molecule has 1 N–H and O–H groups in total. The second kappa shape index (κ2) is 9.32. The number of imidazole rings is 1. The first-order valence-corrected chi connectivity index (χ1v) is 11.7. The lowest BCUT2D eigenvalue weighted by Gasteiger charge is -2.22. The highest BCUT2D eigenvalue weighted by atomic mass is 32.2. The van der Waals surface area contributed by atoms with Crippen LogP contribution in [0.3, 0.4) is 0 Å². The van der Waals surface area contributed by atoms with E-state index in [0.29, 0.717) is 5.16 Å². The minimum Gasteiger partial charge on any atom is -0.353 e. The Labute approximate surface area is 188 Å². The molecule has 170 valence electrons. The van der Waals surface area contributed by atoms with E-state index in [1.165, 1.54) is 41.9 Å². The number of carbonyl (C=O) groups is 1. The van der Waals surface area contributed by atoms with Crippen LogP contribution < -0.4 is 16.6 Å². The molecule has 0 saturated heterocycles. The van der Waals surface area contributed by atoms with Crippen molar-refractivity contribution in [3.05, 3.63) is 56.5 Å². The number of amides is 1. The van der Waals surface area contributed by atoms with E-state index in [9.17, 15) is 18.8 Å². The third-order valence-electron chi connectivity index (χ3n) is 5.87. The van der Waals surface area contributed by atoms with Gasteiger partial charge in [0.1, 0.15) is 5.82 Å². The van der Waals surface area contributed by atoms with Gasteiger partial charge in [-0.05, 0) is 30.5 Å². The van der Waals surface area contributed by atoms with Crippen LogP contribution in [0.15, 0.2) is 39.0 Å². The van der Waals surface area contributed by atoms with Crippen LogP contribution in [0.1, 0.15) is 37.7 Å². The van der Waals surface area contributed by atoms with Crippen molar-refractivity contribution in [2.45, 2.75) is 49.8 Å². The molecule has 0 unspecified atom stereocenters. The van der Waals surface area contributed by atoms with Crippen molar-refractivity contribution in [3.8, 4) is 0 Å². The van der Waals surface area contributed by atoms with Crippen molar-refractivity contribution < 1.29 is 9.18 Å². The topological polar surface area (TPSA) is 90.9 Å². The fourth-order valence-corrected chi connectivity index (χ4v) is 4.91. The van der Waals surface area contributed by atoms with Gasteiger partial charge in [-0.1, -0.05) is 43.2 Å². The van der Waals surface area contributed by atoms with E-state index in [-0.39, 0.29) is 41.2 Å². The van der Waals surface area contributed by atoms with Gasteiger partial charge in [-0.25, -0.2) is 14.2 Å². The number of fused-ring (bicyclic) bond motifs is 1. The number of aryl methyl sites for hydroxylation is 1. The van der Waals surface area contributed by atoms with Gasteiger partial charge >= 0.3 is 5.69 Å². The van der Waals surface area contributed by atoms with Crippen molar-refractivity contribution in [2.75, 3.05) is 5.75 Å². The van der Waals surface area contributed by atoms with Crippen molar-refractivity contribution in [2.24, 2.45) is 14.1 Å². The molecule has 1 amide bonds. The molecule has 10 heteroatoms. The molecule has 1 aliphatic carbocycles. The Kier molecular flexibility index (Phi) is 6.50. The van der Waals surface area contributed by atoms with Crippen molar-refractivity contribution >= 4 is 28.8 Å². The van der Waals surface area contributed by atoms with Crippen LogP contribution in [0, 0.1) is 5.82 Å². The highest BCUT2D eigenvalue weighted by Gasteiger charge is 2.21. The number of carbonyl (C=O) groups excluding carboxylic acids is 1. The second-order valence-electron chi connectivity index (χ2n) is 8.18. The minimum absolute atomic E-state index is 0.0796. The Morgan fingerprint density at radius 3 is 2.50 bits per heavy atom. The first-order chi connectivity index (χ1) is 15.3. The summed E-state index contributed by atoms with van der Waals surface area (Å²) in [6, 6.07) is 6.19. The summed E-state index contributed by atoms with van der Waals surface area (Å²) in [4.78, 5) is 42.3. The van der Waals surface area contributed by atoms with Crippen LogP contribution in [-0.2, 0) is 25.4 Å². The maximum atomic E-state index is 13.4. The molecule has 2 heterocycles. The van der Waals surface area contributed by atoms with Gasteiger partial charge in [0.2, 0.25) is 5.91 Å². The zero-order valence-corrected chi connectivity index (χ0v) is 19.0. The van der Waals surface area contributed by atoms with Gasteiger partial charge in [-0.3, -0.25) is 18.7 Å². The van der Waals surface area contributed by atoms with Gasteiger partial charge in [0, 0.05) is 20.1 Å². The van der Waals surface area contributed by atoms with Gasteiger partial charge in [-0.15, -0.1) is 0 Å². The molecule has 0 atom stereocenters. The molecule has 3 aromatic rings. The number of benzene rings is 1. The van der Waals surface area contributed by atoms with Crippen molar-refractivity contribution in [1.29, 1.82) is 0 Å². The number of aromatic nitrogens is 4. The van der Waals surface area contributed by atoms with E-state index in [2.05, 4.69) is 10.3 Å². The summed E-state index contributed by atoms with van der Waals surface area (Å²) in [5.74, 6) is -0.280. The number of rotatable bonds is 6. The molecule has 0 bridgehead atoms. The third-order valence-corrected chi connectivity index (χ3v) is 6.85. The second-order valence-corrected chi connectivity index (χ2v) is 9.12. The largest absolute Gasteiger partial charge is 0.353 e. The first kappa shape index (κ1) is 22.3. The summed E-state index contributed by atoms with van der Waals surface area (Å²) in [7, 11) is 2.98. The molecule has 0 spiro atoms. The standard InChI is InChI=1S/C22H26FN5O3S/c1-26-19-18(20(30)27(2)22(26)31)28(12-14-8-10-15(23)11-9-14)21(25-19)32-13-17(29)24-16-6-4-3-5-7-16/h8-11,16H,3-7,12-13H2,1-2H3,(H,24,29). The average Bonchev–Trinajstić information content (AvgIpc) is 3.15. The molecule has 8 nitrogen and oxygen atoms in total. The van der Waals surface area contributed by atoms with E-state index >= 15 is 0 Å². The maximum absolute atomic E-state index is 13.4. The summed E-state index contributed by atoms with van der Waals surface area (Å²) >= 11 is 1.22. The summed E-state index contributed by atoms with van der Waals surface area (Å²) < 4.78 is 17.4. The molecule has 1 aliphatic rings. The maximum Gasteiger partial charge on any atom is 0.332 e. The average molecular weight is 460 g/mol. The number of nitrogens with one attached hydrogen (secondary N) is 1. The zero-order valence-electron chi connectivity index (χ0n) is 18.1. The monoisotopic (exact) mass is 459 g/mol. The summed E-state index contributed by atoms with van der Waals surface area (Å²) in [6.45, 7) is 0.261. The number of hydrogen-bond donors (Lipinski definition) is 1. The normalized spacial score (nSPS) is 14.7. The molecule has 2 aromatic heterocycles. The minimum atomic E-state index is -0.472. The quantitative estimate of drug-likeness (QED) is 0.571. The summed E-state index contributed by atoms with van der Waals surface area (Å²) in [5, 5.41) is 3.54. The van der Waals surface area contributed by atoms with Gasteiger partial charge in [0.15, 0.2) is 16.3 Å². The Bertz CT molecular complexity index is 1260. The fraction of sp³-hybridized carbons (Fsp3) is 0.455. The SMILES string of the molecule is Cn1c(=O)c2c(nc(SCC(=O)NC3CCCCC3)n2Cc2ccc(F)cc2)n(C)c1=O. The lowest BCUT2D eigenvalue weighted by atomic mass is 9.95. The smallest absolute Gasteiger partial charge is 0.332 e. The molecule has 32 heavy (non-hydrogen) atoms. The van der Waals surface area contributed by atoms with Gasteiger partial charge < -0.3 is 9.88 Å².